The number of nitrogens with one attached hydrogen (secondary N) is 2. The van der Waals surface area contributed by atoms with E-state index in [-0.39, 0.29) is 11.9 Å². The lowest BCUT2D eigenvalue weighted by molar-refractivity contribution is -0.127. The van der Waals surface area contributed by atoms with E-state index in [1.807, 2.05) is 32.0 Å². The summed E-state index contributed by atoms with van der Waals surface area (Å²) in [7, 11) is 1.81. The molecule has 19 heavy (non-hydrogen) atoms. The maximum Gasteiger partial charge on any atom is 0.240 e. The van der Waals surface area contributed by atoms with Gasteiger partial charge in [0.05, 0.1) is 11.6 Å². The number of hydrogen-bond donors (Lipinski definition) is 2. The smallest absolute Gasteiger partial charge is 0.240 e. The Balaban J connectivity index is 2.85. The molecule has 106 valence electrons. The van der Waals surface area contributed by atoms with Gasteiger partial charge < -0.3 is 10.6 Å². The average Bonchev–Trinajstić information content (AvgIpc) is 2.38. The molecule has 3 heteroatoms. The zero-order valence-corrected chi connectivity index (χ0v) is 12.7. The molecule has 3 nitrogen and oxygen atoms in total. The highest BCUT2D eigenvalue weighted by Crippen LogP contribution is 2.21. The van der Waals surface area contributed by atoms with E-state index in [9.17, 15) is 4.79 Å². The fourth-order valence-electron chi connectivity index (χ4n) is 1.89. The molecule has 0 spiro atoms. The molecule has 1 rings (SSSR count). The van der Waals surface area contributed by atoms with Crippen LogP contribution in [0.4, 0.5) is 0 Å². The van der Waals surface area contributed by atoms with E-state index in [0.29, 0.717) is 5.92 Å². The van der Waals surface area contributed by atoms with Crippen LogP contribution < -0.4 is 10.6 Å². The third-order valence-electron chi connectivity index (χ3n) is 3.41. The molecule has 1 atom stereocenters. The topological polar surface area (TPSA) is 41.1 Å². The highest BCUT2D eigenvalue weighted by Gasteiger charge is 2.27. The first-order valence-electron chi connectivity index (χ1n) is 6.91. The Morgan fingerprint density at radius 1 is 1.21 bits per heavy atom. The first-order chi connectivity index (χ1) is 8.86. The quantitative estimate of drug-likeness (QED) is 0.827. The van der Waals surface area contributed by atoms with Crippen LogP contribution in [0.15, 0.2) is 30.3 Å². The number of rotatable bonds is 6. The van der Waals surface area contributed by atoms with Gasteiger partial charge in [-0.15, -0.1) is 0 Å². The fourth-order valence-corrected chi connectivity index (χ4v) is 1.89. The highest BCUT2D eigenvalue weighted by atomic mass is 16.2. The molecule has 0 heterocycles. The summed E-state index contributed by atoms with van der Waals surface area (Å²) in [4.78, 5) is 12.3. The van der Waals surface area contributed by atoms with Crippen molar-refractivity contribution in [2.75, 3.05) is 7.05 Å². The maximum atomic E-state index is 12.3. The molecule has 0 aromatic heterocycles. The van der Waals surface area contributed by atoms with Gasteiger partial charge in [-0.1, -0.05) is 44.2 Å². The van der Waals surface area contributed by atoms with E-state index in [2.05, 4.69) is 36.6 Å². The number of hydrogen-bond acceptors (Lipinski definition) is 2. The van der Waals surface area contributed by atoms with Crippen molar-refractivity contribution in [3.05, 3.63) is 35.9 Å². The number of likely N-dealkylation sites (N-methyl/N-ethyl adjacent to an activating group) is 1. The van der Waals surface area contributed by atoms with E-state index in [1.54, 1.807) is 7.05 Å². The van der Waals surface area contributed by atoms with Crippen molar-refractivity contribution in [1.82, 2.24) is 10.6 Å². The number of amides is 1. The van der Waals surface area contributed by atoms with Crippen molar-refractivity contribution >= 4 is 5.91 Å². The van der Waals surface area contributed by atoms with Gasteiger partial charge in [-0.2, -0.15) is 0 Å². The molecule has 0 radical (unpaired) electrons. The fraction of sp³-hybridized carbons (Fsp3) is 0.562. The Kier molecular flexibility index (Phi) is 5.55. The Labute approximate surface area is 116 Å². The predicted molar refractivity (Wildman–Crippen MR) is 79.9 cm³/mol. The second-order valence-electron chi connectivity index (χ2n) is 5.94. The molecular weight excluding hydrogens is 236 g/mol. The number of carbonyl (C=O) groups is 1. The van der Waals surface area contributed by atoms with E-state index in [4.69, 9.17) is 0 Å². The first kappa shape index (κ1) is 15.7. The van der Waals surface area contributed by atoms with Gasteiger partial charge in [-0.05, 0) is 38.8 Å². The molecule has 0 fully saturated rings. The summed E-state index contributed by atoms with van der Waals surface area (Å²) in [6.07, 6.45) is 0.940. The highest BCUT2D eigenvalue weighted by molar-refractivity contribution is 5.85. The summed E-state index contributed by atoms with van der Waals surface area (Å²) in [6, 6.07) is 10.2. The van der Waals surface area contributed by atoms with E-state index < -0.39 is 5.54 Å². The standard InChI is InChI=1S/C16H26N2O/c1-12(2)11-14(13-9-7-6-8-10-13)18-15(19)16(3,4)17-5/h6-10,12,14,17H,11H2,1-5H3,(H,18,19). The SMILES string of the molecule is CNC(C)(C)C(=O)NC(CC(C)C)c1ccccc1. The molecule has 0 saturated carbocycles. The average molecular weight is 262 g/mol. The molecule has 0 aliphatic heterocycles. The molecule has 1 aromatic carbocycles. The second kappa shape index (κ2) is 6.71. The lowest BCUT2D eigenvalue weighted by Gasteiger charge is -2.28. The summed E-state index contributed by atoms with van der Waals surface area (Å²) in [5, 5.41) is 6.19. The van der Waals surface area contributed by atoms with Crippen molar-refractivity contribution in [1.29, 1.82) is 0 Å². The normalized spacial score (nSPS) is 13.4. The molecular formula is C16H26N2O. The lowest BCUT2D eigenvalue weighted by Crippen LogP contribution is -2.52. The summed E-state index contributed by atoms with van der Waals surface area (Å²) in [5.74, 6) is 0.563. The lowest BCUT2D eigenvalue weighted by atomic mass is 9.95. The Morgan fingerprint density at radius 3 is 2.26 bits per heavy atom. The molecule has 2 N–H and O–H groups in total. The van der Waals surface area contributed by atoms with Crippen LogP contribution in [0.3, 0.4) is 0 Å². The van der Waals surface area contributed by atoms with Gasteiger partial charge in [0.25, 0.3) is 0 Å². The van der Waals surface area contributed by atoms with Gasteiger partial charge in [0.2, 0.25) is 5.91 Å². The minimum atomic E-state index is -0.552. The largest absolute Gasteiger partial charge is 0.348 e. The van der Waals surface area contributed by atoms with Crippen LogP contribution in [-0.4, -0.2) is 18.5 Å². The van der Waals surface area contributed by atoms with Crippen molar-refractivity contribution in [3.8, 4) is 0 Å². The second-order valence-corrected chi connectivity index (χ2v) is 5.94. The molecule has 1 aromatic rings. The van der Waals surface area contributed by atoms with Crippen LogP contribution in [0.2, 0.25) is 0 Å². The van der Waals surface area contributed by atoms with Crippen molar-refractivity contribution in [2.45, 2.75) is 45.7 Å². The van der Waals surface area contributed by atoms with Gasteiger partial charge in [-0.3, -0.25) is 4.79 Å². The summed E-state index contributed by atoms with van der Waals surface area (Å²) < 4.78 is 0. The van der Waals surface area contributed by atoms with Gasteiger partial charge in [0.15, 0.2) is 0 Å². The van der Waals surface area contributed by atoms with Crippen LogP contribution in [0.25, 0.3) is 0 Å². The third-order valence-corrected chi connectivity index (χ3v) is 3.41. The van der Waals surface area contributed by atoms with Crippen LogP contribution in [-0.2, 0) is 4.79 Å². The molecule has 1 unspecified atom stereocenters. The molecule has 0 aliphatic carbocycles. The summed E-state index contributed by atoms with van der Waals surface area (Å²) in [6.45, 7) is 8.12. The van der Waals surface area contributed by atoms with E-state index in [0.717, 1.165) is 12.0 Å². The predicted octanol–water partition coefficient (Wildman–Crippen LogP) is 2.89. The van der Waals surface area contributed by atoms with E-state index in [1.165, 1.54) is 0 Å². The third kappa shape index (κ3) is 4.67. The van der Waals surface area contributed by atoms with Crippen LogP contribution >= 0.6 is 0 Å². The monoisotopic (exact) mass is 262 g/mol. The molecule has 1 amide bonds. The molecule has 0 aliphatic rings. The molecule has 0 bridgehead atoms. The van der Waals surface area contributed by atoms with Gasteiger partial charge in [0.1, 0.15) is 0 Å². The Hall–Kier alpha value is -1.35. The summed E-state index contributed by atoms with van der Waals surface area (Å²) >= 11 is 0. The Morgan fingerprint density at radius 2 is 1.79 bits per heavy atom. The van der Waals surface area contributed by atoms with Crippen LogP contribution in [0.1, 0.15) is 45.7 Å². The zero-order chi connectivity index (χ0) is 14.5. The maximum absolute atomic E-state index is 12.3. The Bertz CT molecular complexity index is 398. The number of carbonyl (C=O) groups excluding carboxylic acids is 1. The van der Waals surface area contributed by atoms with Crippen molar-refractivity contribution in [3.63, 3.8) is 0 Å². The zero-order valence-electron chi connectivity index (χ0n) is 12.7. The van der Waals surface area contributed by atoms with Gasteiger partial charge in [-0.25, -0.2) is 0 Å². The minimum Gasteiger partial charge on any atom is -0.348 e. The van der Waals surface area contributed by atoms with Crippen LogP contribution in [0, 0.1) is 5.92 Å². The van der Waals surface area contributed by atoms with E-state index >= 15 is 0 Å². The molecule has 0 saturated heterocycles. The summed E-state index contributed by atoms with van der Waals surface area (Å²) in [5.41, 5.74) is 0.612. The van der Waals surface area contributed by atoms with Gasteiger partial charge >= 0.3 is 0 Å². The number of benzene rings is 1. The van der Waals surface area contributed by atoms with Gasteiger partial charge in [0, 0.05) is 0 Å². The first-order valence-corrected chi connectivity index (χ1v) is 6.91. The van der Waals surface area contributed by atoms with Crippen molar-refractivity contribution < 1.29 is 4.79 Å². The minimum absolute atomic E-state index is 0.0319. The van der Waals surface area contributed by atoms with Crippen LogP contribution in [0.5, 0.6) is 0 Å². The van der Waals surface area contributed by atoms with Crippen molar-refractivity contribution in [2.24, 2.45) is 5.92 Å².